The Labute approximate surface area is 174 Å². The van der Waals surface area contributed by atoms with Crippen LogP contribution >= 0.6 is 0 Å². The Morgan fingerprint density at radius 1 is 1.13 bits per heavy atom. The summed E-state index contributed by atoms with van der Waals surface area (Å²) in [6.45, 7) is 3.21. The van der Waals surface area contributed by atoms with E-state index in [0.29, 0.717) is 19.8 Å². The van der Waals surface area contributed by atoms with Gasteiger partial charge in [-0.1, -0.05) is 19.3 Å². The summed E-state index contributed by atoms with van der Waals surface area (Å²) in [7, 11) is 0. The van der Waals surface area contributed by atoms with E-state index in [0.717, 1.165) is 63.4 Å². The summed E-state index contributed by atoms with van der Waals surface area (Å²) in [5, 5.41) is 0. The maximum Gasteiger partial charge on any atom is 0.419 e. The minimum absolute atomic E-state index is 0.00132. The maximum absolute atomic E-state index is 13.3. The smallest absolute Gasteiger partial charge is 0.419 e. The Morgan fingerprint density at radius 2 is 1.87 bits per heavy atom. The average molecular weight is 431 g/mol. The molecule has 1 aromatic carbocycles. The van der Waals surface area contributed by atoms with Crippen molar-refractivity contribution in [1.82, 2.24) is 4.90 Å². The number of hydrogen-bond donors (Lipinski definition) is 0. The molecule has 1 saturated carbocycles. The predicted octanol–water partition coefficient (Wildman–Crippen LogP) is 3.88. The zero-order valence-corrected chi connectivity index (χ0v) is 16.9. The molecule has 0 amide bonds. The summed E-state index contributed by atoms with van der Waals surface area (Å²) < 4.78 is 61.3. The normalized spacial score (nSPS) is 18.9. The molecule has 1 aliphatic carbocycles. The van der Waals surface area contributed by atoms with Crippen molar-refractivity contribution in [2.75, 3.05) is 46.2 Å². The minimum Gasteiger partial charge on any atom is -0.467 e. The van der Waals surface area contributed by atoms with Gasteiger partial charge in [0.25, 0.3) is 0 Å². The molecule has 6 nitrogen and oxygen atoms in total. The molecule has 0 aromatic heterocycles. The first-order valence-corrected chi connectivity index (χ1v) is 10.4. The Balaban J connectivity index is 1.57. The number of halogens is 3. The second kappa shape index (κ2) is 11.0. The molecule has 30 heavy (non-hydrogen) atoms. The highest BCUT2D eigenvalue weighted by Gasteiger charge is 2.35. The summed E-state index contributed by atoms with van der Waals surface area (Å²) in [6.07, 6.45) is 0.402. The van der Waals surface area contributed by atoms with Crippen molar-refractivity contribution >= 4 is 5.97 Å². The monoisotopic (exact) mass is 431 g/mol. The first kappa shape index (κ1) is 22.8. The molecule has 1 heterocycles. The fourth-order valence-corrected chi connectivity index (χ4v) is 3.60. The molecule has 168 valence electrons. The maximum atomic E-state index is 13.3. The highest BCUT2D eigenvalue weighted by molar-refractivity contribution is 5.90. The van der Waals surface area contributed by atoms with Crippen LogP contribution in [0.25, 0.3) is 0 Å². The third-order valence-electron chi connectivity index (χ3n) is 5.34. The van der Waals surface area contributed by atoms with E-state index in [1.807, 2.05) is 0 Å². The first-order chi connectivity index (χ1) is 14.4. The molecular formula is C21H28F3NO5. The van der Waals surface area contributed by atoms with Gasteiger partial charge in [-0.3, -0.25) is 4.90 Å². The number of alkyl halides is 3. The van der Waals surface area contributed by atoms with E-state index in [4.69, 9.17) is 18.9 Å². The van der Waals surface area contributed by atoms with E-state index in [-0.39, 0.29) is 25.1 Å². The molecule has 0 unspecified atom stereocenters. The molecular weight excluding hydrogens is 403 g/mol. The lowest BCUT2D eigenvalue weighted by Gasteiger charge is -2.26. The molecule has 1 aliphatic heterocycles. The lowest BCUT2D eigenvalue weighted by Crippen LogP contribution is -2.38. The van der Waals surface area contributed by atoms with Crippen molar-refractivity contribution in [3.63, 3.8) is 0 Å². The summed E-state index contributed by atoms with van der Waals surface area (Å²) in [6, 6.07) is 3.02. The van der Waals surface area contributed by atoms with Crippen LogP contribution in [-0.2, 0) is 20.4 Å². The topological polar surface area (TPSA) is 57.2 Å². The van der Waals surface area contributed by atoms with Crippen LogP contribution < -0.4 is 4.74 Å². The lowest BCUT2D eigenvalue weighted by molar-refractivity contribution is -0.140. The number of morpholine rings is 1. The largest absolute Gasteiger partial charge is 0.467 e. The number of hydrogen-bond acceptors (Lipinski definition) is 6. The van der Waals surface area contributed by atoms with Gasteiger partial charge >= 0.3 is 12.1 Å². The van der Waals surface area contributed by atoms with Gasteiger partial charge in [-0.15, -0.1) is 0 Å². The van der Waals surface area contributed by atoms with Crippen molar-refractivity contribution in [3.8, 4) is 5.75 Å². The van der Waals surface area contributed by atoms with E-state index >= 15 is 0 Å². The van der Waals surface area contributed by atoms with Gasteiger partial charge in [0, 0.05) is 19.6 Å². The number of carbonyl (C=O) groups excluding carboxylic acids is 1. The summed E-state index contributed by atoms with van der Waals surface area (Å²) >= 11 is 0. The van der Waals surface area contributed by atoms with E-state index in [9.17, 15) is 18.0 Å². The first-order valence-electron chi connectivity index (χ1n) is 10.4. The molecule has 9 heteroatoms. The number of benzene rings is 1. The number of ether oxygens (including phenoxy) is 4. The number of carbonyl (C=O) groups is 1. The molecule has 0 N–H and O–H groups in total. The molecule has 1 saturated heterocycles. The van der Waals surface area contributed by atoms with Gasteiger partial charge in [-0.2, -0.15) is 13.2 Å². The fourth-order valence-electron chi connectivity index (χ4n) is 3.60. The predicted molar refractivity (Wildman–Crippen MR) is 102 cm³/mol. The van der Waals surface area contributed by atoms with Crippen molar-refractivity contribution in [2.24, 2.45) is 0 Å². The SMILES string of the molecule is O=C(OCCN1CCOCC1)c1ccc(C(F)(F)F)c(OCOC2CCCCC2)c1. The Bertz CT molecular complexity index is 686. The second-order valence-electron chi connectivity index (χ2n) is 7.49. The number of nitrogens with zero attached hydrogens (tertiary/aromatic N) is 1. The average Bonchev–Trinajstić information content (AvgIpc) is 2.74. The van der Waals surface area contributed by atoms with Gasteiger partial charge in [0.05, 0.1) is 30.4 Å². The van der Waals surface area contributed by atoms with E-state index < -0.39 is 23.5 Å². The van der Waals surface area contributed by atoms with Crippen molar-refractivity contribution < 1.29 is 36.9 Å². The summed E-state index contributed by atoms with van der Waals surface area (Å²) in [4.78, 5) is 14.4. The van der Waals surface area contributed by atoms with Crippen LogP contribution in [0.1, 0.15) is 48.0 Å². The standard InChI is InChI=1S/C21H28F3NO5/c22-21(23,24)18-7-6-16(20(26)28-13-10-25-8-11-27-12-9-25)14-19(18)30-15-29-17-4-2-1-3-5-17/h6-7,14,17H,1-5,8-13,15H2. The lowest BCUT2D eigenvalue weighted by atomic mass is 9.98. The van der Waals surface area contributed by atoms with Gasteiger partial charge < -0.3 is 18.9 Å². The molecule has 0 atom stereocenters. The highest BCUT2D eigenvalue weighted by Crippen LogP contribution is 2.37. The van der Waals surface area contributed by atoms with Crippen LogP contribution in [-0.4, -0.2) is 63.2 Å². The van der Waals surface area contributed by atoms with Gasteiger partial charge in [0.15, 0.2) is 6.79 Å². The summed E-state index contributed by atoms with van der Waals surface area (Å²) in [5.74, 6) is -1.11. The quantitative estimate of drug-likeness (QED) is 0.460. The molecule has 3 rings (SSSR count). The molecule has 1 aromatic rings. The van der Waals surface area contributed by atoms with Crippen LogP contribution in [0.3, 0.4) is 0 Å². The Morgan fingerprint density at radius 3 is 2.57 bits per heavy atom. The van der Waals surface area contributed by atoms with Crippen molar-refractivity contribution in [3.05, 3.63) is 29.3 Å². The zero-order chi connectivity index (χ0) is 21.4. The third-order valence-corrected chi connectivity index (χ3v) is 5.34. The Kier molecular flexibility index (Phi) is 8.35. The third kappa shape index (κ3) is 6.85. The fraction of sp³-hybridized carbons (Fsp3) is 0.667. The molecule has 2 aliphatic rings. The van der Waals surface area contributed by atoms with Crippen LogP contribution in [0.4, 0.5) is 13.2 Å². The van der Waals surface area contributed by atoms with Gasteiger partial charge in [-0.05, 0) is 31.0 Å². The van der Waals surface area contributed by atoms with Crippen LogP contribution in [0.15, 0.2) is 18.2 Å². The van der Waals surface area contributed by atoms with Crippen molar-refractivity contribution in [1.29, 1.82) is 0 Å². The summed E-state index contributed by atoms with van der Waals surface area (Å²) in [5.41, 5.74) is -0.933. The van der Waals surface area contributed by atoms with Crippen molar-refractivity contribution in [2.45, 2.75) is 44.4 Å². The second-order valence-corrected chi connectivity index (χ2v) is 7.49. The van der Waals surface area contributed by atoms with Gasteiger partial charge in [-0.25, -0.2) is 4.79 Å². The molecule has 0 bridgehead atoms. The highest BCUT2D eigenvalue weighted by atomic mass is 19.4. The van der Waals surface area contributed by atoms with E-state index in [2.05, 4.69) is 4.90 Å². The Hall–Kier alpha value is -1.84. The van der Waals surface area contributed by atoms with Crippen LogP contribution in [0, 0.1) is 0 Å². The van der Waals surface area contributed by atoms with Crippen LogP contribution in [0.2, 0.25) is 0 Å². The van der Waals surface area contributed by atoms with Gasteiger partial charge in [0.1, 0.15) is 12.4 Å². The van der Waals surface area contributed by atoms with E-state index in [1.165, 1.54) is 0 Å². The van der Waals surface area contributed by atoms with Gasteiger partial charge in [0.2, 0.25) is 0 Å². The van der Waals surface area contributed by atoms with E-state index in [1.54, 1.807) is 0 Å². The zero-order valence-electron chi connectivity index (χ0n) is 16.9. The number of esters is 1. The molecule has 2 fully saturated rings. The number of rotatable bonds is 8. The molecule has 0 spiro atoms. The molecule has 0 radical (unpaired) electrons. The van der Waals surface area contributed by atoms with Crippen LogP contribution in [0.5, 0.6) is 5.75 Å². The minimum atomic E-state index is -4.60.